The maximum absolute atomic E-state index is 10.1. The Hall–Kier alpha value is -1.64. The molecule has 1 aromatic carbocycles. The third-order valence-electron chi connectivity index (χ3n) is 3.12. The zero-order valence-corrected chi connectivity index (χ0v) is 11.6. The summed E-state index contributed by atoms with van der Waals surface area (Å²) in [5.41, 5.74) is 2.50. The maximum atomic E-state index is 10.1. The number of hydrogen-bond acceptors (Lipinski definition) is 2. The average Bonchev–Trinajstić information content (AvgIpc) is 2.41. The molecular formula is C16H16ClNO. The summed E-state index contributed by atoms with van der Waals surface area (Å²) >= 11 is 6.17. The number of para-hydroxylation sites is 1. The van der Waals surface area contributed by atoms with Crippen LogP contribution in [0.3, 0.4) is 0 Å². The molecule has 0 amide bonds. The number of rotatable bonds is 4. The number of hydrogen-bond donors (Lipinski definition) is 1. The minimum Gasteiger partial charge on any atom is -0.388 e. The van der Waals surface area contributed by atoms with Gasteiger partial charge < -0.3 is 5.11 Å². The molecule has 1 heterocycles. The van der Waals surface area contributed by atoms with Crippen LogP contribution in [0.1, 0.15) is 12.5 Å². The molecule has 19 heavy (non-hydrogen) atoms. The highest BCUT2D eigenvalue weighted by Crippen LogP contribution is 2.23. The molecule has 0 aliphatic rings. The van der Waals surface area contributed by atoms with E-state index in [9.17, 15) is 5.11 Å². The van der Waals surface area contributed by atoms with Crippen LogP contribution in [0.5, 0.6) is 0 Å². The highest BCUT2D eigenvalue weighted by atomic mass is 35.5. The summed E-state index contributed by atoms with van der Waals surface area (Å²) in [6, 6.07) is 9.76. The van der Waals surface area contributed by atoms with Crippen molar-refractivity contribution in [2.75, 3.05) is 0 Å². The Bertz CT molecular complexity index is 634. The van der Waals surface area contributed by atoms with E-state index >= 15 is 0 Å². The molecule has 0 radical (unpaired) electrons. The van der Waals surface area contributed by atoms with E-state index in [1.807, 2.05) is 43.3 Å². The zero-order valence-electron chi connectivity index (χ0n) is 10.8. The third-order valence-corrected chi connectivity index (χ3v) is 3.44. The third kappa shape index (κ3) is 3.03. The van der Waals surface area contributed by atoms with Gasteiger partial charge in [-0.05, 0) is 30.2 Å². The number of nitrogens with zero attached hydrogens (tertiary/aromatic N) is 1. The molecule has 2 aromatic rings. The molecule has 2 nitrogen and oxygen atoms in total. The molecule has 2 rings (SSSR count). The molecule has 0 fully saturated rings. The second kappa shape index (κ2) is 6.00. The lowest BCUT2D eigenvalue weighted by molar-refractivity contribution is 0.215. The van der Waals surface area contributed by atoms with Gasteiger partial charge in [-0.1, -0.05) is 48.5 Å². The summed E-state index contributed by atoms with van der Waals surface area (Å²) in [4.78, 5) is 4.35. The van der Waals surface area contributed by atoms with Crippen LogP contribution >= 0.6 is 11.6 Å². The fourth-order valence-electron chi connectivity index (χ4n) is 2.05. The van der Waals surface area contributed by atoms with Crippen LogP contribution in [-0.2, 0) is 6.42 Å². The number of fused-ring (bicyclic) bond motifs is 1. The zero-order chi connectivity index (χ0) is 13.8. The van der Waals surface area contributed by atoms with Crippen molar-refractivity contribution in [3.8, 4) is 0 Å². The lowest BCUT2D eigenvalue weighted by Gasteiger charge is -2.13. The van der Waals surface area contributed by atoms with Gasteiger partial charge in [0.2, 0.25) is 0 Å². The molecule has 1 unspecified atom stereocenters. The van der Waals surface area contributed by atoms with Crippen LogP contribution in [0, 0.1) is 0 Å². The quantitative estimate of drug-likeness (QED) is 0.676. The first-order valence-corrected chi connectivity index (χ1v) is 6.54. The molecule has 98 valence electrons. The van der Waals surface area contributed by atoms with Crippen molar-refractivity contribution in [1.82, 2.24) is 4.98 Å². The lowest BCUT2D eigenvalue weighted by Crippen LogP contribution is -2.13. The second-order valence-corrected chi connectivity index (χ2v) is 4.70. The first-order valence-electron chi connectivity index (χ1n) is 6.16. The Morgan fingerprint density at radius 3 is 2.89 bits per heavy atom. The predicted molar refractivity (Wildman–Crippen MR) is 80.4 cm³/mol. The lowest BCUT2D eigenvalue weighted by atomic mass is 10.0. The second-order valence-electron chi connectivity index (χ2n) is 4.34. The molecular weight excluding hydrogens is 258 g/mol. The van der Waals surface area contributed by atoms with Crippen molar-refractivity contribution in [3.05, 3.63) is 65.4 Å². The molecule has 0 aliphatic heterocycles. The van der Waals surface area contributed by atoms with Gasteiger partial charge in [0, 0.05) is 11.8 Å². The van der Waals surface area contributed by atoms with Gasteiger partial charge in [0.15, 0.2) is 0 Å². The Labute approximate surface area is 118 Å². The van der Waals surface area contributed by atoms with E-state index in [0.717, 1.165) is 22.0 Å². The first-order chi connectivity index (χ1) is 9.15. The number of allylic oxidation sites excluding steroid dienone is 1. The highest BCUT2D eigenvalue weighted by Gasteiger charge is 2.12. The summed E-state index contributed by atoms with van der Waals surface area (Å²) in [5, 5.41) is 11.6. The van der Waals surface area contributed by atoms with Crippen molar-refractivity contribution in [1.29, 1.82) is 0 Å². The number of aliphatic hydroxyl groups excluding tert-OH is 1. The van der Waals surface area contributed by atoms with E-state index in [0.29, 0.717) is 11.6 Å². The molecule has 0 spiro atoms. The van der Waals surface area contributed by atoms with Gasteiger partial charge in [0.25, 0.3) is 0 Å². The molecule has 1 atom stereocenters. The topological polar surface area (TPSA) is 33.1 Å². The normalized spacial score (nSPS) is 13.5. The van der Waals surface area contributed by atoms with Gasteiger partial charge in [-0.2, -0.15) is 0 Å². The summed E-state index contributed by atoms with van der Waals surface area (Å²) in [6.45, 7) is 5.57. The summed E-state index contributed by atoms with van der Waals surface area (Å²) in [6.07, 6.45) is 3.33. The van der Waals surface area contributed by atoms with Crippen LogP contribution in [0.15, 0.2) is 54.6 Å². The number of halogens is 1. The van der Waals surface area contributed by atoms with Crippen LogP contribution in [-0.4, -0.2) is 16.2 Å². The molecule has 1 aromatic heterocycles. The fraction of sp³-hybridized carbons (Fsp3) is 0.188. The number of aliphatic hydroxyl groups is 1. The Morgan fingerprint density at radius 1 is 1.47 bits per heavy atom. The van der Waals surface area contributed by atoms with Crippen molar-refractivity contribution in [3.63, 3.8) is 0 Å². The predicted octanol–water partition coefficient (Wildman–Crippen LogP) is 3.92. The van der Waals surface area contributed by atoms with Crippen molar-refractivity contribution in [2.45, 2.75) is 19.4 Å². The van der Waals surface area contributed by atoms with Crippen LogP contribution in [0.25, 0.3) is 10.9 Å². The molecule has 0 saturated carbocycles. The number of benzene rings is 1. The number of aromatic nitrogens is 1. The van der Waals surface area contributed by atoms with E-state index < -0.39 is 6.10 Å². The SMILES string of the molecule is C=C/C(=C\C)C(O)Cc1cc2ccccc2nc1Cl. The summed E-state index contributed by atoms with van der Waals surface area (Å²) < 4.78 is 0. The molecule has 3 heteroatoms. The van der Waals surface area contributed by atoms with E-state index in [4.69, 9.17) is 11.6 Å². The van der Waals surface area contributed by atoms with Crippen LogP contribution < -0.4 is 0 Å². The van der Waals surface area contributed by atoms with Gasteiger partial charge >= 0.3 is 0 Å². The van der Waals surface area contributed by atoms with Gasteiger partial charge in [-0.25, -0.2) is 4.98 Å². The van der Waals surface area contributed by atoms with E-state index in [1.54, 1.807) is 6.08 Å². The van der Waals surface area contributed by atoms with E-state index in [-0.39, 0.29) is 0 Å². The summed E-state index contributed by atoms with van der Waals surface area (Å²) in [7, 11) is 0. The first kappa shape index (κ1) is 13.8. The van der Waals surface area contributed by atoms with Crippen molar-refractivity contribution >= 4 is 22.5 Å². The highest BCUT2D eigenvalue weighted by molar-refractivity contribution is 6.30. The van der Waals surface area contributed by atoms with E-state index in [1.165, 1.54) is 0 Å². The van der Waals surface area contributed by atoms with Crippen LogP contribution in [0.4, 0.5) is 0 Å². The number of pyridine rings is 1. The van der Waals surface area contributed by atoms with Crippen molar-refractivity contribution in [2.24, 2.45) is 0 Å². The Balaban J connectivity index is 2.35. The average molecular weight is 274 g/mol. The van der Waals surface area contributed by atoms with Crippen LogP contribution in [0.2, 0.25) is 5.15 Å². The Morgan fingerprint density at radius 2 is 2.21 bits per heavy atom. The minimum absolute atomic E-state index is 0.433. The summed E-state index contributed by atoms with van der Waals surface area (Å²) in [5.74, 6) is 0. The minimum atomic E-state index is -0.608. The molecule has 0 saturated heterocycles. The van der Waals surface area contributed by atoms with E-state index in [2.05, 4.69) is 11.6 Å². The van der Waals surface area contributed by atoms with Crippen molar-refractivity contribution < 1.29 is 5.11 Å². The van der Waals surface area contributed by atoms with Gasteiger partial charge in [-0.3, -0.25) is 0 Å². The largest absolute Gasteiger partial charge is 0.388 e. The molecule has 0 aliphatic carbocycles. The fourth-order valence-corrected chi connectivity index (χ4v) is 2.27. The van der Waals surface area contributed by atoms with Gasteiger partial charge in [-0.15, -0.1) is 0 Å². The molecule has 0 bridgehead atoms. The Kier molecular flexibility index (Phi) is 4.35. The van der Waals surface area contributed by atoms with Gasteiger partial charge in [0.05, 0.1) is 11.6 Å². The monoisotopic (exact) mass is 273 g/mol. The smallest absolute Gasteiger partial charge is 0.133 e. The van der Waals surface area contributed by atoms with Gasteiger partial charge in [0.1, 0.15) is 5.15 Å². The standard InChI is InChI=1S/C16H16ClNO/c1-3-11(4-2)15(19)10-13-9-12-7-5-6-8-14(12)18-16(13)17/h3-9,15,19H,1,10H2,2H3/b11-4+. The molecule has 1 N–H and O–H groups in total. The maximum Gasteiger partial charge on any atom is 0.133 e.